The van der Waals surface area contributed by atoms with Gasteiger partial charge in [0, 0.05) is 43.6 Å². The van der Waals surface area contributed by atoms with Crippen LogP contribution in [0.15, 0.2) is 6.07 Å². The van der Waals surface area contributed by atoms with Crippen LogP contribution in [0.25, 0.3) is 0 Å². The Bertz CT molecular complexity index is 471. The third-order valence-electron chi connectivity index (χ3n) is 4.10. The maximum atomic E-state index is 12.0. The highest BCUT2D eigenvalue weighted by atomic mass is 16.5. The monoisotopic (exact) mass is 263 g/mol. The number of fused-ring (bicyclic) bond motifs is 1. The molecule has 0 aromatic carbocycles. The molecule has 1 aromatic rings. The van der Waals surface area contributed by atoms with Gasteiger partial charge in [0.05, 0.1) is 0 Å². The molecule has 0 amide bonds. The fraction of sp³-hybridized carbons (Fsp3) is 0.688. The molecule has 1 aliphatic rings. The molecule has 1 aromatic heterocycles. The van der Waals surface area contributed by atoms with Crippen LogP contribution < -0.4 is 0 Å². The van der Waals surface area contributed by atoms with Gasteiger partial charge in [-0.05, 0) is 37.7 Å². The number of ketones is 1. The van der Waals surface area contributed by atoms with Crippen LogP contribution >= 0.6 is 0 Å². The van der Waals surface area contributed by atoms with Gasteiger partial charge in [-0.15, -0.1) is 0 Å². The molecule has 0 N–H and O–H groups in total. The normalized spacial score (nSPS) is 15.7. The summed E-state index contributed by atoms with van der Waals surface area (Å²) in [6.45, 7) is 8.39. The molecule has 0 saturated heterocycles. The Hall–Kier alpha value is -1.09. The van der Waals surface area contributed by atoms with Gasteiger partial charge in [0.1, 0.15) is 0 Å². The molecule has 106 valence electrons. The van der Waals surface area contributed by atoms with Crippen molar-refractivity contribution in [2.24, 2.45) is 5.41 Å². The van der Waals surface area contributed by atoms with Crippen molar-refractivity contribution in [2.75, 3.05) is 13.7 Å². The van der Waals surface area contributed by atoms with Gasteiger partial charge in [-0.3, -0.25) is 4.79 Å². The number of rotatable bonds is 5. The fourth-order valence-corrected chi connectivity index (χ4v) is 2.90. The SMILES string of the molecule is COCCC(C)(C)Cn1c(C)cc2c1CCCC2=O. The van der Waals surface area contributed by atoms with Gasteiger partial charge < -0.3 is 9.30 Å². The molecule has 1 aliphatic carbocycles. The Labute approximate surface area is 115 Å². The second-order valence-corrected chi connectivity index (χ2v) is 6.42. The predicted octanol–water partition coefficient (Wildman–Crippen LogP) is 3.38. The number of hydrogen-bond acceptors (Lipinski definition) is 2. The number of methoxy groups -OCH3 is 1. The Morgan fingerprint density at radius 2 is 2.11 bits per heavy atom. The zero-order valence-corrected chi connectivity index (χ0v) is 12.6. The summed E-state index contributed by atoms with van der Waals surface area (Å²) in [5.74, 6) is 0.317. The summed E-state index contributed by atoms with van der Waals surface area (Å²) in [4.78, 5) is 12.0. The maximum Gasteiger partial charge on any atom is 0.164 e. The lowest BCUT2D eigenvalue weighted by molar-refractivity contribution is 0.0970. The number of Topliss-reactive ketones (excluding diaryl/α,β-unsaturated/α-hetero) is 1. The van der Waals surface area contributed by atoms with Crippen LogP contribution in [0.3, 0.4) is 0 Å². The van der Waals surface area contributed by atoms with Crippen LogP contribution in [-0.4, -0.2) is 24.1 Å². The van der Waals surface area contributed by atoms with Crippen molar-refractivity contribution in [3.05, 3.63) is 23.0 Å². The van der Waals surface area contributed by atoms with Crippen LogP contribution in [0, 0.1) is 12.3 Å². The first-order chi connectivity index (χ1) is 8.94. The number of carbonyl (C=O) groups excluding carboxylic acids is 1. The fourth-order valence-electron chi connectivity index (χ4n) is 2.90. The number of ether oxygens (including phenoxy) is 1. The largest absolute Gasteiger partial charge is 0.385 e. The van der Waals surface area contributed by atoms with Gasteiger partial charge in [0.2, 0.25) is 0 Å². The summed E-state index contributed by atoms with van der Waals surface area (Å²) in [5, 5.41) is 0. The van der Waals surface area contributed by atoms with Crippen molar-refractivity contribution in [3.8, 4) is 0 Å². The summed E-state index contributed by atoms with van der Waals surface area (Å²) in [6.07, 6.45) is 3.77. The average Bonchev–Trinajstić information content (AvgIpc) is 2.66. The molecule has 0 unspecified atom stereocenters. The maximum absolute atomic E-state index is 12.0. The third kappa shape index (κ3) is 3.08. The van der Waals surface area contributed by atoms with Gasteiger partial charge in [-0.25, -0.2) is 0 Å². The lowest BCUT2D eigenvalue weighted by atomic mass is 9.89. The molecule has 0 saturated carbocycles. The van der Waals surface area contributed by atoms with Crippen molar-refractivity contribution >= 4 is 5.78 Å². The lowest BCUT2D eigenvalue weighted by Gasteiger charge is -2.28. The first kappa shape index (κ1) is 14.3. The minimum Gasteiger partial charge on any atom is -0.385 e. The van der Waals surface area contributed by atoms with E-state index in [1.165, 1.54) is 11.4 Å². The van der Waals surface area contributed by atoms with E-state index in [0.717, 1.165) is 38.0 Å². The zero-order valence-electron chi connectivity index (χ0n) is 12.6. The Kier molecular flexibility index (Phi) is 4.14. The van der Waals surface area contributed by atoms with E-state index in [4.69, 9.17) is 4.74 Å². The highest BCUT2D eigenvalue weighted by molar-refractivity contribution is 5.98. The molecule has 0 fully saturated rings. The highest BCUT2D eigenvalue weighted by Gasteiger charge is 2.26. The van der Waals surface area contributed by atoms with Crippen molar-refractivity contribution in [2.45, 2.75) is 53.0 Å². The van der Waals surface area contributed by atoms with E-state index in [0.29, 0.717) is 12.2 Å². The van der Waals surface area contributed by atoms with E-state index in [1.807, 2.05) is 0 Å². The molecule has 0 radical (unpaired) electrons. The third-order valence-corrected chi connectivity index (χ3v) is 4.10. The van der Waals surface area contributed by atoms with E-state index in [1.54, 1.807) is 7.11 Å². The molecule has 0 bridgehead atoms. The van der Waals surface area contributed by atoms with E-state index >= 15 is 0 Å². The van der Waals surface area contributed by atoms with Crippen LogP contribution in [0.2, 0.25) is 0 Å². The number of aryl methyl sites for hydroxylation is 1. The van der Waals surface area contributed by atoms with E-state index in [2.05, 4.69) is 31.4 Å². The van der Waals surface area contributed by atoms with E-state index < -0.39 is 0 Å². The van der Waals surface area contributed by atoms with Crippen LogP contribution in [0.1, 0.15) is 54.9 Å². The Morgan fingerprint density at radius 3 is 2.79 bits per heavy atom. The molecule has 0 atom stereocenters. The summed E-state index contributed by atoms with van der Waals surface area (Å²) >= 11 is 0. The second-order valence-electron chi connectivity index (χ2n) is 6.42. The molecular weight excluding hydrogens is 238 g/mol. The van der Waals surface area contributed by atoms with Gasteiger partial charge in [0.15, 0.2) is 5.78 Å². The van der Waals surface area contributed by atoms with Crippen LogP contribution in [-0.2, 0) is 17.7 Å². The Balaban J connectivity index is 2.23. The summed E-state index contributed by atoms with van der Waals surface area (Å²) in [7, 11) is 1.75. The van der Waals surface area contributed by atoms with Gasteiger partial charge >= 0.3 is 0 Å². The van der Waals surface area contributed by atoms with Gasteiger partial charge in [-0.1, -0.05) is 13.8 Å². The summed E-state index contributed by atoms with van der Waals surface area (Å²) in [6, 6.07) is 2.07. The summed E-state index contributed by atoms with van der Waals surface area (Å²) in [5.41, 5.74) is 3.62. The standard InChI is InChI=1S/C16H25NO2/c1-12-10-13-14(6-5-7-15(13)18)17(12)11-16(2,3)8-9-19-4/h10H,5-9,11H2,1-4H3. The number of nitrogens with zero attached hydrogens (tertiary/aromatic N) is 1. The second kappa shape index (κ2) is 5.49. The molecule has 0 spiro atoms. The van der Waals surface area contributed by atoms with Crippen molar-refractivity contribution in [1.82, 2.24) is 4.57 Å². The molecule has 0 aliphatic heterocycles. The molecule has 3 nitrogen and oxygen atoms in total. The van der Waals surface area contributed by atoms with E-state index in [-0.39, 0.29) is 5.41 Å². The quantitative estimate of drug-likeness (QED) is 0.815. The average molecular weight is 263 g/mol. The first-order valence-corrected chi connectivity index (χ1v) is 7.16. The zero-order chi connectivity index (χ0) is 14.0. The number of carbonyl (C=O) groups is 1. The molecule has 2 rings (SSSR count). The Morgan fingerprint density at radius 1 is 1.37 bits per heavy atom. The van der Waals surface area contributed by atoms with Gasteiger partial charge in [-0.2, -0.15) is 0 Å². The van der Waals surface area contributed by atoms with Crippen LogP contribution in [0.4, 0.5) is 0 Å². The molecule has 3 heteroatoms. The van der Waals surface area contributed by atoms with Gasteiger partial charge in [0.25, 0.3) is 0 Å². The first-order valence-electron chi connectivity index (χ1n) is 7.16. The molecule has 19 heavy (non-hydrogen) atoms. The topological polar surface area (TPSA) is 31.2 Å². The minimum absolute atomic E-state index is 0.189. The van der Waals surface area contributed by atoms with E-state index in [9.17, 15) is 4.79 Å². The van der Waals surface area contributed by atoms with Crippen molar-refractivity contribution in [1.29, 1.82) is 0 Å². The summed E-state index contributed by atoms with van der Waals surface area (Å²) < 4.78 is 7.54. The predicted molar refractivity (Wildman–Crippen MR) is 76.7 cm³/mol. The number of hydrogen-bond donors (Lipinski definition) is 0. The van der Waals surface area contributed by atoms with Crippen molar-refractivity contribution in [3.63, 3.8) is 0 Å². The highest BCUT2D eigenvalue weighted by Crippen LogP contribution is 2.30. The molecular formula is C16H25NO2. The number of aromatic nitrogens is 1. The van der Waals surface area contributed by atoms with Crippen molar-refractivity contribution < 1.29 is 9.53 Å². The minimum atomic E-state index is 0.189. The van der Waals surface area contributed by atoms with Crippen LogP contribution in [0.5, 0.6) is 0 Å². The molecule has 1 heterocycles. The smallest absolute Gasteiger partial charge is 0.164 e. The lowest BCUT2D eigenvalue weighted by Crippen LogP contribution is -2.24.